The normalized spacial score (nSPS) is 14.7. The molecule has 4 nitrogen and oxygen atoms in total. The van der Waals surface area contributed by atoms with Gasteiger partial charge in [-0.1, -0.05) is 37.3 Å². The molecule has 0 radical (unpaired) electrons. The number of nitrogens with zero attached hydrogens (tertiary/aromatic N) is 2. The summed E-state index contributed by atoms with van der Waals surface area (Å²) in [7, 11) is 0. The number of halogens is 3. The Hall–Kier alpha value is -3.01. The van der Waals surface area contributed by atoms with Crippen LogP contribution < -0.4 is 11.0 Å². The van der Waals surface area contributed by atoms with Crippen LogP contribution in [-0.4, -0.2) is 4.68 Å². The van der Waals surface area contributed by atoms with E-state index in [4.69, 9.17) is 6.57 Å². The van der Waals surface area contributed by atoms with Crippen LogP contribution in [-0.2, 0) is 6.18 Å². The Morgan fingerprint density at radius 3 is 2.46 bits per heavy atom. The molecule has 0 saturated carbocycles. The number of aromatic nitrogens is 1. The van der Waals surface area contributed by atoms with E-state index in [0.29, 0.717) is 5.56 Å². The minimum Gasteiger partial charge on any atom is -0.296 e. The second-order valence-corrected chi connectivity index (χ2v) is 6.66. The molecule has 1 heterocycles. The van der Waals surface area contributed by atoms with Crippen molar-refractivity contribution in [1.82, 2.24) is 4.68 Å². The smallest absolute Gasteiger partial charge is 0.296 e. The maximum atomic E-state index is 13.5. The van der Waals surface area contributed by atoms with Gasteiger partial charge < -0.3 is 0 Å². The predicted octanol–water partition coefficient (Wildman–Crippen LogP) is 5.87. The van der Waals surface area contributed by atoms with E-state index in [1.165, 1.54) is 0 Å². The van der Waals surface area contributed by atoms with E-state index in [-0.39, 0.29) is 5.69 Å². The molecule has 0 fully saturated rings. The average Bonchev–Trinajstić information content (AvgIpc) is 2.69. The summed E-state index contributed by atoms with van der Waals surface area (Å²) in [5.74, 6) is 0. The van der Waals surface area contributed by atoms with Crippen LogP contribution >= 0.6 is 0 Å². The molecule has 1 aliphatic carbocycles. The molecule has 7 heteroatoms. The monoisotopic (exact) mass is 387 g/mol. The fraction of sp³-hybridized carbons (Fsp3) is 0.333. The van der Waals surface area contributed by atoms with E-state index >= 15 is 0 Å². The SMILES string of the molecule is [C-]#[N+]c1c(C(F)(F)F)cc(-c2ccccc2)n(NC2=C(CC)CCCC2)c1=O. The molecule has 3 rings (SSSR count). The van der Waals surface area contributed by atoms with Crippen LogP contribution in [0.2, 0.25) is 0 Å². The number of hydrogen-bond donors (Lipinski definition) is 1. The van der Waals surface area contributed by atoms with Gasteiger partial charge in [0.25, 0.3) is 11.2 Å². The lowest BCUT2D eigenvalue weighted by atomic mass is 9.95. The summed E-state index contributed by atoms with van der Waals surface area (Å²) in [5.41, 5.74) is 2.47. The summed E-state index contributed by atoms with van der Waals surface area (Å²) in [6.07, 6.45) is -0.385. The van der Waals surface area contributed by atoms with Crippen LogP contribution in [0.4, 0.5) is 18.9 Å². The van der Waals surface area contributed by atoms with E-state index in [9.17, 15) is 18.0 Å². The van der Waals surface area contributed by atoms with E-state index in [0.717, 1.165) is 54.1 Å². The summed E-state index contributed by atoms with van der Waals surface area (Å²) in [5, 5.41) is 0. The third-order valence-electron chi connectivity index (χ3n) is 4.93. The van der Waals surface area contributed by atoms with Crippen LogP contribution in [0.25, 0.3) is 16.1 Å². The molecule has 0 unspecified atom stereocenters. The van der Waals surface area contributed by atoms with Gasteiger partial charge in [0.15, 0.2) is 0 Å². The Bertz CT molecular complexity index is 999. The number of hydrogen-bond acceptors (Lipinski definition) is 2. The van der Waals surface area contributed by atoms with Crippen molar-refractivity contribution >= 4 is 5.69 Å². The maximum absolute atomic E-state index is 13.5. The maximum Gasteiger partial charge on any atom is 0.407 e. The van der Waals surface area contributed by atoms with E-state index in [2.05, 4.69) is 10.3 Å². The van der Waals surface area contributed by atoms with Gasteiger partial charge in [-0.15, -0.1) is 0 Å². The molecule has 0 bridgehead atoms. The summed E-state index contributed by atoms with van der Waals surface area (Å²) in [6, 6.07) is 9.29. The van der Waals surface area contributed by atoms with Crippen LogP contribution in [0.15, 0.2) is 52.5 Å². The molecule has 0 amide bonds. The quantitative estimate of drug-likeness (QED) is 0.667. The van der Waals surface area contributed by atoms with Crippen molar-refractivity contribution in [2.75, 3.05) is 5.43 Å². The molecule has 0 spiro atoms. The topological polar surface area (TPSA) is 38.4 Å². The van der Waals surface area contributed by atoms with Gasteiger partial charge in [-0.2, -0.15) is 13.2 Å². The summed E-state index contributed by atoms with van der Waals surface area (Å²) >= 11 is 0. The lowest BCUT2D eigenvalue weighted by molar-refractivity contribution is -0.136. The Balaban J connectivity index is 2.27. The second kappa shape index (κ2) is 7.93. The van der Waals surface area contributed by atoms with E-state index in [1.807, 2.05) is 6.92 Å². The molecular weight excluding hydrogens is 367 g/mol. The fourth-order valence-corrected chi connectivity index (χ4v) is 3.48. The molecule has 0 atom stereocenters. The number of benzene rings is 1. The molecule has 1 N–H and O–H groups in total. The molecule has 1 aromatic heterocycles. The highest BCUT2D eigenvalue weighted by atomic mass is 19.4. The molecule has 2 aromatic rings. The lowest BCUT2D eigenvalue weighted by Gasteiger charge is -2.25. The summed E-state index contributed by atoms with van der Waals surface area (Å²) < 4.78 is 41.6. The fourth-order valence-electron chi connectivity index (χ4n) is 3.48. The largest absolute Gasteiger partial charge is 0.407 e. The number of nitrogens with one attached hydrogen (secondary N) is 1. The first kappa shape index (κ1) is 19.7. The van der Waals surface area contributed by atoms with Gasteiger partial charge in [0.1, 0.15) is 0 Å². The minimum absolute atomic E-state index is 0.0823. The van der Waals surface area contributed by atoms with Crippen LogP contribution in [0.3, 0.4) is 0 Å². The highest BCUT2D eigenvalue weighted by Crippen LogP contribution is 2.37. The number of pyridine rings is 1. The van der Waals surface area contributed by atoms with Crippen molar-refractivity contribution in [1.29, 1.82) is 0 Å². The molecular formula is C21H20F3N3O. The van der Waals surface area contributed by atoms with Gasteiger partial charge in [0.05, 0.1) is 17.8 Å². The molecule has 1 aromatic carbocycles. The first-order valence-corrected chi connectivity index (χ1v) is 9.14. The van der Waals surface area contributed by atoms with Gasteiger partial charge in [-0.05, 0) is 43.7 Å². The van der Waals surface area contributed by atoms with E-state index < -0.39 is 23.0 Å². The van der Waals surface area contributed by atoms with Gasteiger partial charge in [0.2, 0.25) is 0 Å². The first-order valence-electron chi connectivity index (χ1n) is 9.14. The van der Waals surface area contributed by atoms with Crippen LogP contribution in [0.5, 0.6) is 0 Å². The highest BCUT2D eigenvalue weighted by Gasteiger charge is 2.36. The third kappa shape index (κ3) is 3.81. The zero-order chi connectivity index (χ0) is 20.3. The zero-order valence-corrected chi connectivity index (χ0v) is 15.4. The van der Waals surface area contributed by atoms with Gasteiger partial charge in [-0.25, -0.2) is 9.52 Å². The van der Waals surface area contributed by atoms with E-state index in [1.54, 1.807) is 30.3 Å². The standard InChI is InChI=1S/C21H20F3N3O/c1-3-14-9-7-8-12-17(14)26-27-18(15-10-5-4-6-11-15)13-16(21(22,23)24)19(25-2)20(27)28/h4-6,10-11,13,26H,3,7-9,12H2,1H3. The Morgan fingerprint density at radius 1 is 1.18 bits per heavy atom. The van der Waals surface area contributed by atoms with Gasteiger partial charge in [0, 0.05) is 11.3 Å². The summed E-state index contributed by atoms with van der Waals surface area (Å²) in [4.78, 5) is 15.8. The molecule has 0 saturated heterocycles. The highest BCUT2D eigenvalue weighted by molar-refractivity contribution is 5.66. The molecule has 0 aliphatic heterocycles. The van der Waals surface area contributed by atoms with Crippen molar-refractivity contribution in [3.63, 3.8) is 0 Å². The molecule has 28 heavy (non-hydrogen) atoms. The Labute approximate surface area is 161 Å². The van der Waals surface area contributed by atoms with Gasteiger partial charge in [-0.3, -0.25) is 10.2 Å². The van der Waals surface area contributed by atoms with Gasteiger partial charge >= 0.3 is 6.18 Å². The van der Waals surface area contributed by atoms with Crippen molar-refractivity contribution in [2.24, 2.45) is 0 Å². The van der Waals surface area contributed by atoms with Crippen molar-refractivity contribution in [2.45, 2.75) is 45.2 Å². The number of alkyl halides is 3. The first-order chi connectivity index (χ1) is 13.4. The van der Waals surface area contributed by atoms with Crippen LogP contribution in [0, 0.1) is 6.57 Å². The minimum atomic E-state index is -4.79. The Kier molecular flexibility index (Phi) is 5.59. The predicted molar refractivity (Wildman–Crippen MR) is 103 cm³/mol. The zero-order valence-electron chi connectivity index (χ0n) is 15.4. The molecule has 1 aliphatic rings. The lowest BCUT2D eigenvalue weighted by Crippen LogP contribution is -2.32. The summed E-state index contributed by atoms with van der Waals surface area (Å²) in [6.45, 7) is 9.16. The average molecular weight is 387 g/mol. The van der Waals surface area contributed by atoms with Crippen molar-refractivity contribution in [3.8, 4) is 11.3 Å². The van der Waals surface area contributed by atoms with Crippen molar-refractivity contribution < 1.29 is 13.2 Å². The molecule has 146 valence electrons. The Morgan fingerprint density at radius 2 is 1.86 bits per heavy atom. The second-order valence-electron chi connectivity index (χ2n) is 6.66. The number of rotatable bonds is 4. The van der Waals surface area contributed by atoms with Crippen LogP contribution in [0.1, 0.15) is 44.6 Å². The third-order valence-corrected chi connectivity index (χ3v) is 4.93. The van der Waals surface area contributed by atoms with Crippen molar-refractivity contribution in [3.05, 3.63) is 75.0 Å². The number of allylic oxidation sites excluding steroid dienone is 2.